The minimum Gasteiger partial charge on any atom is -0.327 e. The van der Waals surface area contributed by atoms with Crippen molar-refractivity contribution in [3.05, 3.63) is 42.1 Å². The van der Waals surface area contributed by atoms with Gasteiger partial charge in [-0.3, -0.25) is 4.98 Å². The van der Waals surface area contributed by atoms with E-state index in [-0.39, 0.29) is 24.8 Å². The minimum atomic E-state index is -2.49. The second-order valence-corrected chi connectivity index (χ2v) is 6.05. The van der Waals surface area contributed by atoms with Crippen molar-refractivity contribution in [1.82, 2.24) is 4.98 Å². The number of halogens is 2. The molecule has 0 spiro atoms. The van der Waals surface area contributed by atoms with E-state index in [4.69, 9.17) is 5.73 Å². The second-order valence-electron chi connectivity index (χ2n) is 6.05. The van der Waals surface area contributed by atoms with Crippen LogP contribution in [0.3, 0.4) is 0 Å². The lowest BCUT2D eigenvalue weighted by atomic mass is 9.80. The predicted octanol–water partition coefficient (Wildman–Crippen LogP) is 3.93. The Morgan fingerprint density at radius 2 is 1.90 bits per heavy atom. The first-order valence-corrected chi connectivity index (χ1v) is 7.51. The molecule has 1 fully saturated rings. The lowest BCUT2D eigenvalue weighted by molar-refractivity contribution is -0.0481. The van der Waals surface area contributed by atoms with Gasteiger partial charge in [-0.1, -0.05) is 18.2 Å². The Morgan fingerprint density at radius 3 is 2.67 bits per heavy atom. The maximum absolute atomic E-state index is 13.2. The maximum Gasteiger partial charge on any atom is 0.248 e. The standard InChI is InChI=1S/C17H20F2N2/c18-17(19)8-5-12(6-9-17)15(20)11-13-7-10-21-16-4-2-1-3-14(13)16/h1-4,7,10,12,15H,5-6,8-9,11,20H2. The van der Waals surface area contributed by atoms with Crippen LogP contribution in [0.2, 0.25) is 0 Å². The van der Waals surface area contributed by atoms with Gasteiger partial charge in [0.25, 0.3) is 0 Å². The molecule has 3 rings (SSSR count). The van der Waals surface area contributed by atoms with E-state index in [0.29, 0.717) is 12.8 Å². The zero-order valence-electron chi connectivity index (χ0n) is 11.9. The molecule has 1 saturated carbocycles. The van der Waals surface area contributed by atoms with Gasteiger partial charge in [0.05, 0.1) is 5.52 Å². The highest BCUT2D eigenvalue weighted by Gasteiger charge is 2.36. The van der Waals surface area contributed by atoms with Crippen LogP contribution in [-0.2, 0) is 6.42 Å². The molecule has 1 aromatic heterocycles. The highest BCUT2D eigenvalue weighted by Crippen LogP contribution is 2.37. The summed E-state index contributed by atoms with van der Waals surface area (Å²) in [6, 6.07) is 9.89. The van der Waals surface area contributed by atoms with Gasteiger partial charge in [0, 0.05) is 30.5 Å². The van der Waals surface area contributed by atoms with E-state index < -0.39 is 5.92 Å². The summed E-state index contributed by atoms with van der Waals surface area (Å²) in [5, 5.41) is 1.11. The molecule has 0 saturated heterocycles. The van der Waals surface area contributed by atoms with E-state index in [9.17, 15) is 8.78 Å². The molecule has 1 unspecified atom stereocenters. The Morgan fingerprint density at radius 1 is 1.19 bits per heavy atom. The number of hydrogen-bond donors (Lipinski definition) is 1. The number of nitrogens with two attached hydrogens (primary N) is 1. The van der Waals surface area contributed by atoms with Crippen LogP contribution in [0.1, 0.15) is 31.2 Å². The Bertz CT molecular complexity index is 612. The number of para-hydroxylation sites is 1. The van der Waals surface area contributed by atoms with E-state index in [2.05, 4.69) is 4.98 Å². The number of aromatic nitrogens is 1. The molecule has 1 atom stereocenters. The third-order valence-corrected chi connectivity index (χ3v) is 4.56. The van der Waals surface area contributed by atoms with Gasteiger partial charge < -0.3 is 5.73 Å². The van der Waals surface area contributed by atoms with Crippen LogP contribution in [0.5, 0.6) is 0 Å². The third-order valence-electron chi connectivity index (χ3n) is 4.56. The fourth-order valence-electron chi connectivity index (χ4n) is 3.24. The van der Waals surface area contributed by atoms with Gasteiger partial charge in [-0.25, -0.2) is 8.78 Å². The predicted molar refractivity (Wildman–Crippen MR) is 80.3 cm³/mol. The largest absolute Gasteiger partial charge is 0.327 e. The quantitative estimate of drug-likeness (QED) is 0.930. The third kappa shape index (κ3) is 3.21. The molecule has 21 heavy (non-hydrogen) atoms. The zero-order valence-corrected chi connectivity index (χ0v) is 11.9. The molecule has 0 aliphatic heterocycles. The SMILES string of the molecule is NC(Cc1ccnc2ccccc12)C1CCC(F)(F)CC1. The number of pyridine rings is 1. The molecule has 1 aromatic carbocycles. The van der Waals surface area contributed by atoms with Gasteiger partial charge in [0.2, 0.25) is 5.92 Å². The number of benzene rings is 1. The van der Waals surface area contributed by atoms with Crippen molar-refractivity contribution in [2.75, 3.05) is 0 Å². The van der Waals surface area contributed by atoms with E-state index in [1.807, 2.05) is 30.3 Å². The van der Waals surface area contributed by atoms with Gasteiger partial charge in [-0.05, 0) is 42.9 Å². The fourth-order valence-corrected chi connectivity index (χ4v) is 3.24. The van der Waals surface area contributed by atoms with Crippen LogP contribution in [0, 0.1) is 5.92 Å². The summed E-state index contributed by atoms with van der Waals surface area (Å²) in [6.07, 6.45) is 3.51. The normalized spacial score (nSPS) is 20.5. The summed E-state index contributed by atoms with van der Waals surface area (Å²) >= 11 is 0. The Balaban J connectivity index is 1.73. The molecule has 0 radical (unpaired) electrons. The lowest BCUT2D eigenvalue weighted by Crippen LogP contribution is -2.37. The average molecular weight is 290 g/mol. The molecule has 1 heterocycles. The molecule has 2 N–H and O–H groups in total. The van der Waals surface area contributed by atoms with E-state index in [1.165, 1.54) is 0 Å². The molecular formula is C17H20F2N2. The van der Waals surface area contributed by atoms with Crippen LogP contribution in [-0.4, -0.2) is 16.9 Å². The summed E-state index contributed by atoms with van der Waals surface area (Å²) in [4.78, 5) is 4.34. The van der Waals surface area contributed by atoms with Crippen molar-refractivity contribution in [1.29, 1.82) is 0 Å². The van der Waals surface area contributed by atoms with E-state index in [0.717, 1.165) is 22.9 Å². The molecule has 4 heteroatoms. The van der Waals surface area contributed by atoms with E-state index >= 15 is 0 Å². The lowest BCUT2D eigenvalue weighted by Gasteiger charge is -2.32. The summed E-state index contributed by atoms with van der Waals surface area (Å²) in [5.41, 5.74) is 8.41. The van der Waals surface area contributed by atoms with Crippen molar-refractivity contribution in [2.24, 2.45) is 11.7 Å². The van der Waals surface area contributed by atoms with Crippen LogP contribution >= 0.6 is 0 Å². The second kappa shape index (κ2) is 5.68. The van der Waals surface area contributed by atoms with Crippen molar-refractivity contribution in [3.63, 3.8) is 0 Å². The van der Waals surface area contributed by atoms with E-state index in [1.54, 1.807) is 6.20 Å². The van der Waals surface area contributed by atoms with Crippen LogP contribution in [0.4, 0.5) is 8.78 Å². The number of alkyl halides is 2. The number of nitrogens with zero attached hydrogens (tertiary/aromatic N) is 1. The van der Waals surface area contributed by atoms with Gasteiger partial charge in [-0.2, -0.15) is 0 Å². The number of hydrogen-bond acceptors (Lipinski definition) is 2. The fraction of sp³-hybridized carbons (Fsp3) is 0.471. The molecule has 0 amide bonds. The molecule has 2 aromatic rings. The van der Waals surface area contributed by atoms with Gasteiger partial charge in [0.15, 0.2) is 0 Å². The molecule has 0 bridgehead atoms. The monoisotopic (exact) mass is 290 g/mol. The van der Waals surface area contributed by atoms with Crippen molar-refractivity contribution < 1.29 is 8.78 Å². The summed E-state index contributed by atoms with van der Waals surface area (Å²) in [5.74, 6) is -2.30. The maximum atomic E-state index is 13.2. The van der Waals surface area contributed by atoms with Crippen LogP contribution in [0.15, 0.2) is 36.5 Å². The van der Waals surface area contributed by atoms with Crippen molar-refractivity contribution in [2.45, 2.75) is 44.1 Å². The highest BCUT2D eigenvalue weighted by atomic mass is 19.3. The summed E-state index contributed by atoms with van der Waals surface area (Å²) in [7, 11) is 0. The van der Waals surface area contributed by atoms with Gasteiger partial charge >= 0.3 is 0 Å². The topological polar surface area (TPSA) is 38.9 Å². The first-order valence-electron chi connectivity index (χ1n) is 7.51. The van der Waals surface area contributed by atoms with Gasteiger partial charge in [-0.15, -0.1) is 0 Å². The molecule has 1 aliphatic rings. The van der Waals surface area contributed by atoms with Crippen molar-refractivity contribution in [3.8, 4) is 0 Å². The molecule has 1 aliphatic carbocycles. The molecule has 112 valence electrons. The number of rotatable bonds is 3. The van der Waals surface area contributed by atoms with Crippen LogP contribution in [0.25, 0.3) is 10.9 Å². The van der Waals surface area contributed by atoms with Crippen molar-refractivity contribution >= 4 is 10.9 Å². The van der Waals surface area contributed by atoms with Gasteiger partial charge in [0.1, 0.15) is 0 Å². The smallest absolute Gasteiger partial charge is 0.248 e. The Kier molecular flexibility index (Phi) is 3.89. The Hall–Kier alpha value is -1.55. The average Bonchev–Trinajstić information content (AvgIpc) is 2.47. The molecular weight excluding hydrogens is 270 g/mol. The number of fused-ring (bicyclic) bond motifs is 1. The summed E-state index contributed by atoms with van der Waals surface area (Å²) in [6.45, 7) is 0. The zero-order chi connectivity index (χ0) is 14.9. The highest BCUT2D eigenvalue weighted by molar-refractivity contribution is 5.81. The molecule has 2 nitrogen and oxygen atoms in total. The summed E-state index contributed by atoms with van der Waals surface area (Å²) < 4.78 is 26.5. The minimum absolute atomic E-state index is 0.0253. The first kappa shape index (κ1) is 14.4. The Labute approximate surface area is 123 Å². The first-order chi connectivity index (χ1) is 10.1. The van der Waals surface area contributed by atoms with Crippen LogP contribution < -0.4 is 5.73 Å².